The van der Waals surface area contributed by atoms with Crippen molar-refractivity contribution in [1.82, 2.24) is 4.98 Å². The quantitative estimate of drug-likeness (QED) is 0.817. The minimum atomic E-state index is -2.91. The molecule has 0 saturated carbocycles. The molecule has 0 atom stereocenters. The summed E-state index contributed by atoms with van der Waals surface area (Å²) in [6.07, 6.45) is 2.75. The molecular formula is C12H8F3NO. The third-order valence-electron chi connectivity index (χ3n) is 2.15. The maximum atomic E-state index is 12.7. The SMILES string of the molecule is Fc1ccc(-c2cnccc2OC(F)F)cc1. The first kappa shape index (κ1) is 11.4. The van der Waals surface area contributed by atoms with Gasteiger partial charge in [0.05, 0.1) is 0 Å². The van der Waals surface area contributed by atoms with Crippen molar-refractivity contribution < 1.29 is 17.9 Å². The van der Waals surface area contributed by atoms with Crippen LogP contribution >= 0.6 is 0 Å². The van der Waals surface area contributed by atoms with E-state index in [0.29, 0.717) is 11.1 Å². The van der Waals surface area contributed by atoms with E-state index in [1.165, 1.54) is 42.7 Å². The summed E-state index contributed by atoms with van der Waals surface area (Å²) >= 11 is 0. The second kappa shape index (κ2) is 4.86. The van der Waals surface area contributed by atoms with Gasteiger partial charge in [0.25, 0.3) is 0 Å². The second-order valence-electron chi connectivity index (χ2n) is 3.26. The molecule has 2 rings (SSSR count). The molecule has 0 bridgehead atoms. The van der Waals surface area contributed by atoms with Gasteiger partial charge in [0.1, 0.15) is 11.6 Å². The Morgan fingerprint density at radius 2 is 1.76 bits per heavy atom. The molecule has 0 amide bonds. The number of rotatable bonds is 3. The first-order valence-electron chi connectivity index (χ1n) is 4.81. The van der Waals surface area contributed by atoms with Gasteiger partial charge in [0.15, 0.2) is 0 Å². The van der Waals surface area contributed by atoms with Crippen molar-refractivity contribution in [2.75, 3.05) is 0 Å². The van der Waals surface area contributed by atoms with Gasteiger partial charge in [-0.3, -0.25) is 4.98 Å². The lowest BCUT2D eigenvalue weighted by Crippen LogP contribution is -2.03. The van der Waals surface area contributed by atoms with Crippen LogP contribution in [-0.4, -0.2) is 11.6 Å². The Morgan fingerprint density at radius 3 is 2.41 bits per heavy atom. The number of halogens is 3. The highest BCUT2D eigenvalue weighted by Gasteiger charge is 2.10. The average Bonchev–Trinajstić information content (AvgIpc) is 2.30. The zero-order valence-electron chi connectivity index (χ0n) is 8.61. The topological polar surface area (TPSA) is 22.1 Å². The Labute approximate surface area is 95.7 Å². The fourth-order valence-corrected chi connectivity index (χ4v) is 1.43. The Hall–Kier alpha value is -2.04. The predicted octanol–water partition coefficient (Wildman–Crippen LogP) is 3.49. The van der Waals surface area contributed by atoms with Gasteiger partial charge in [0.2, 0.25) is 0 Å². The summed E-state index contributed by atoms with van der Waals surface area (Å²) in [5, 5.41) is 0. The Bertz CT molecular complexity index is 499. The van der Waals surface area contributed by atoms with Crippen LogP contribution in [0.25, 0.3) is 11.1 Å². The number of alkyl halides is 2. The zero-order chi connectivity index (χ0) is 12.3. The summed E-state index contributed by atoms with van der Waals surface area (Å²) in [6.45, 7) is -2.91. The van der Waals surface area contributed by atoms with Crippen LogP contribution in [0.4, 0.5) is 13.2 Å². The van der Waals surface area contributed by atoms with Crippen LogP contribution in [0.15, 0.2) is 42.7 Å². The van der Waals surface area contributed by atoms with Crippen molar-refractivity contribution in [2.24, 2.45) is 0 Å². The Kier molecular flexibility index (Phi) is 3.27. The second-order valence-corrected chi connectivity index (χ2v) is 3.26. The maximum Gasteiger partial charge on any atom is 0.387 e. The van der Waals surface area contributed by atoms with E-state index in [4.69, 9.17) is 0 Å². The van der Waals surface area contributed by atoms with Crippen molar-refractivity contribution in [1.29, 1.82) is 0 Å². The third-order valence-corrected chi connectivity index (χ3v) is 2.15. The molecule has 0 fully saturated rings. The first-order chi connectivity index (χ1) is 8.16. The van der Waals surface area contributed by atoms with Crippen molar-refractivity contribution in [3.63, 3.8) is 0 Å². The monoisotopic (exact) mass is 239 g/mol. The number of pyridine rings is 1. The molecule has 0 radical (unpaired) electrons. The molecule has 1 aromatic heterocycles. The van der Waals surface area contributed by atoms with E-state index >= 15 is 0 Å². The highest BCUT2D eigenvalue weighted by atomic mass is 19.3. The highest BCUT2D eigenvalue weighted by molar-refractivity contribution is 5.69. The summed E-state index contributed by atoms with van der Waals surface area (Å²) in [5.74, 6) is -0.379. The summed E-state index contributed by atoms with van der Waals surface area (Å²) in [4.78, 5) is 3.83. The fourth-order valence-electron chi connectivity index (χ4n) is 1.43. The smallest absolute Gasteiger partial charge is 0.387 e. The van der Waals surface area contributed by atoms with E-state index in [9.17, 15) is 13.2 Å². The van der Waals surface area contributed by atoms with Gasteiger partial charge >= 0.3 is 6.61 Å². The van der Waals surface area contributed by atoms with Crippen LogP contribution in [0, 0.1) is 5.82 Å². The average molecular weight is 239 g/mol. The molecule has 17 heavy (non-hydrogen) atoms. The van der Waals surface area contributed by atoms with Crippen molar-refractivity contribution in [3.05, 3.63) is 48.5 Å². The number of ether oxygens (including phenoxy) is 1. The third kappa shape index (κ3) is 2.75. The highest BCUT2D eigenvalue weighted by Crippen LogP contribution is 2.29. The normalized spacial score (nSPS) is 10.6. The molecule has 1 aromatic carbocycles. The fraction of sp³-hybridized carbons (Fsp3) is 0.0833. The maximum absolute atomic E-state index is 12.7. The predicted molar refractivity (Wildman–Crippen MR) is 56.3 cm³/mol. The standard InChI is InChI=1S/C12H8F3NO/c13-9-3-1-8(2-4-9)10-7-16-6-5-11(10)17-12(14)15/h1-7,12H. The zero-order valence-corrected chi connectivity index (χ0v) is 8.61. The number of aromatic nitrogens is 1. The van der Waals surface area contributed by atoms with E-state index in [1.54, 1.807) is 0 Å². The molecule has 2 aromatic rings. The van der Waals surface area contributed by atoms with E-state index in [-0.39, 0.29) is 5.75 Å². The van der Waals surface area contributed by atoms with Crippen LogP contribution in [0.2, 0.25) is 0 Å². The van der Waals surface area contributed by atoms with E-state index in [0.717, 1.165) is 0 Å². The minimum Gasteiger partial charge on any atom is -0.434 e. The molecule has 0 saturated heterocycles. The molecular weight excluding hydrogens is 231 g/mol. The Morgan fingerprint density at radius 1 is 1.06 bits per heavy atom. The van der Waals surface area contributed by atoms with Crippen molar-refractivity contribution in [3.8, 4) is 16.9 Å². The largest absolute Gasteiger partial charge is 0.434 e. The van der Waals surface area contributed by atoms with Gasteiger partial charge in [-0.1, -0.05) is 12.1 Å². The lowest BCUT2D eigenvalue weighted by Gasteiger charge is -2.09. The van der Waals surface area contributed by atoms with Gasteiger partial charge in [-0.2, -0.15) is 8.78 Å². The van der Waals surface area contributed by atoms with Gasteiger partial charge in [0, 0.05) is 18.0 Å². The molecule has 1 heterocycles. The molecule has 0 aliphatic heterocycles. The summed E-state index contributed by atoms with van der Waals surface area (Å²) in [7, 11) is 0. The first-order valence-corrected chi connectivity index (χ1v) is 4.81. The van der Waals surface area contributed by atoms with Gasteiger partial charge in [-0.15, -0.1) is 0 Å². The number of nitrogens with zero attached hydrogens (tertiary/aromatic N) is 1. The van der Waals surface area contributed by atoms with E-state index < -0.39 is 12.4 Å². The number of benzene rings is 1. The number of hydrogen-bond donors (Lipinski definition) is 0. The molecule has 0 unspecified atom stereocenters. The van der Waals surface area contributed by atoms with Crippen molar-refractivity contribution >= 4 is 0 Å². The molecule has 2 nitrogen and oxygen atoms in total. The van der Waals surface area contributed by atoms with E-state index in [2.05, 4.69) is 9.72 Å². The minimum absolute atomic E-state index is 0.0154. The van der Waals surface area contributed by atoms with Crippen LogP contribution in [0.3, 0.4) is 0 Å². The van der Waals surface area contributed by atoms with Gasteiger partial charge in [-0.25, -0.2) is 4.39 Å². The van der Waals surface area contributed by atoms with Gasteiger partial charge < -0.3 is 4.74 Å². The van der Waals surface area contributed by atoms with Gasteiger partial charge in [-0.05, 0) is 23.8 Å². The van der Waals surface area contributed by atoms with E-state index in [1.807, 2.05) is 0 Å². The lowest BCUT2D eigenvalue weighted by molar-refractivity contribution is -0.0494. The summed E-state index contributed by atoms with van der Waals surface area (Å²) < 4.78 is 41.5. The van der Waals surface area contributed by atoms with Crippen LogP contribution in [-0.2, 0) is 0 Å². The van der Waals surface area contributed by atoms with Crippen LogP contribution < -0.4 is 4.74 Å². The molecule has 88 valence electrons. The summed E-state index contributed by atoms with van der Waals surface area (Å²) in [5.41, 5.74) is 0.961. The van der Waals surface area contributed by atoms with Crippen LogP contribution in [0.1, 0.15) is 0 Å². The van der Waals surface area contributed by atoms with Crippen molar-refractivity contribution in [2.45, 2.75) is 6.61 Å². The molecule has 5 heteroatoms. The van der Waals surface area contributed by atoms with Crippen LogP contribution in [0.5, 0.6) is 5.75 Å². The molecule has 0 N–H and O–H groups in total. The lowest BCUT2D eigenvalue weighted by atomic mass is 10.1. The molecule has 0 aliphatic rings. The molecule has 0 spiro atoms. The number of hydrogen-bond acceptors (Lipinski definition) is 2. The Balaban J connectivity index is 2.40. The summed E-state index contributed by atoms with van der Waals surface area (Å²) in [6, 6.07) is 6.78. The molecule has 0 aliphatic carbocycles.